The number of carbonyl (C=O) groups is 1. The van der Waals surface area contributed by atoms with Gasteiger partial charge in [-0.2, -0.15) is 0 Å². The third-order valence-electron chi connectivity index (χ3n) is 4.21. The van der Waals surface area contributed by atoms with Gasteiger partial charge < -0.3 is 20.3 Å². The summed E-state index contributed by atoms with van der Waals surface area (Å²) in [5.41, 5.74) is 0.539. The molecule has 5 nitrogen and oxygen atoms in total. The summed E-state index contributed by atoms with van der Waals surface area (Å²) in [6, 6.07) is 12.9. The van der Waals surface area contributed by atoms with Gasteiger partial charge in [0, 0.05) is 12.1 Å². The molecule has 1 fully saturated rings. The molecule has 1 saturated heterocycles. The molecule has 1 heterocycles. The van der Waals surface area contributed by atoms with Crippen molar-refractivity contribution in [2.24, 2.45) is 0 Å². The molecule has 0 radical (unpaired) electrons. The summed E-state index contributed by atoms with van der Waals surface area (Å²) in [6.45, 7) is 1.95. The topological polar surface area (TPSA) is 53.6 Å². The Labute approximate surface area is 146 Å². The van der Waals surface area contributed by atoms with Gasteiger partial charge in [0.2, 0.25) is 0 Å². The number of urea groups is 1. The highest BCUT2D eigenvalue weighted by atomic mass is 19.1. The van der Waals surface area contributed by atoms with Crippen molar-refractivity contribution in [3.8, 4) is 11.5 Å². The first kappa shape index (κ1) is 17.2. The molecule has 0 bridgehead atoms. The number of ether oxygens (including phenoxy) is 1. The Balaban J connectivity index is 1.63. The molecule has 0 aromatic heterocycles. The minimum atomic E-state index is -0.372. The van der Waals surface area contributed by atoms with Crippen molar-refractivity contribution in [2.45, 2.75) is 18.9 Å². The lowest BCUT2D eigenvalue weighted by molar-refractivity contribution is 0.221. The van der Waals surface area contributed by atoms with Gasteiger partial charge in [-0.15, -0.1) is 0 Å². The second-order valence-corrected chi connectivity index (χ2v) is 6.23. The number of hydrogen-bond acceptors (Lipinski definition) is 3. The van der Waals surface area contributed by atoms with Gasteiger partial charge >= 0.3 is 6.03 Å². The largest absolute Gasteiger partial charge is 0.455 e. The van der Waals surface area contributed by atoms with E-state index in [4.69, 9.17) is 4.74 Å². The van der Waals surface area contributed by atoms with Gasteiger partial charge in [-0.1, -0.05) is 18.2 Å². The van der Waals surface area contributed by atoms with Crippen LogP contribution in [0.2, 0.25) is 0 Å². The van der Waals surface area contributed by atoms with E-state index < -0.39 is 0 Å². The van der Waals surface area contributed by atoms with Gasteiger partial charge in [-0.05, 0) is 57.2 Å². The number of para-hydroxylation sites is 2. The van der Waals surface area contributed by atoms with E-state index in [9.17, 15) is 9.18 Å². The van der Waals surface area contributed by atoms with Crippen molar-refractivity contribution in [1.82, 2.24) is 10.2 Å². The minimum absolute atomic E-state index is 0.174. The third kappa shape index (κ3) is 4.93. The monoisotopic (exact) mass is 343 g/mol. The van der Waals surface area contributed by atoms with Gasteiger partial charge in [-0.25, -0.2) is 9.18 Å². The van der Waals surface area contributed by atoms with E-state index in [-0.39, 0.29) is 17.9 Å². The first-order valence-corrected chi connectivity index (χ1v) is 8.38. The van der Waals surface area contributed by atoms with E-state index in [2.05, 4.69) is 22.6 Å². The van der Waals surface area contributed by atoms with E-state index in [1.807, 2.05) is 6.07 Å². The molecular weight excluding hydrogens is 321 g/mol. The molecule has 0 saturated carbocycles. The van der Waals surface area contributed by atoms with Crippen LogP contribution in [-0.2, 0) is 0 Å². The molecule has 0 atom stereocenters. The molecule has 3 rings (SSSR count). The van der Waals surface area contributed by atoms with Crippen molar-refractivity contribution in [3.63, 3.8) is 0 Å². The molecule has 6 heteroatoms. The van der Waals surface area contributed by atoms with Crippen LogP contribution >= 0.6 is 0 Å². The smallest absolute Gasteiger partial charge is 0.319 e. The number of piperidine rings is 1. The van der Waals surface area contributed by atoms with E-state index in [0.717, 1.165) is 25.9 Å². The van der Waals surface area contributed by atoms with Crippen LogP contribution in [0.5, 0.6) is 11.5 Å². The Bertz CT molecular complexity index is 730. The van der Waals surface area contributed by atoms with E-state index >= 15 is 0 Å². The van der Waals surface area contributed by atoms with E-state index in [1.54, 1.807) is 30.3 Å². The highest BCUT2D eigenvalue weighted by molar-refractivity contribution is 5.91. The molecule has 25 heavy (non-hydrogen) atoms. The highest BCUT2D eigenvalue weighted by Crippen LogP contribution is 2.29. The maximum atomic E-state index is 13.3. The van der Waals surface area contributed by atoms with Crippen LogP contribution in [0, 0.1) is 5.82 Å². The van der Waals surface area contributed by atoms with Crippen molar-refractivity contribution in [2.75, 3.05) is 25.5 Å². The Hall–Kier alpha value is -2.60. The molecule has 2 aromatic carbocycles. The maximum Gasteiger partial charge on any atom is 0.319 e. The molecule has 132 valence electrons. The highest BCUT2D eigenvalue weighted by Gasteiger charge is 2.19. The number of amides is 2. The average Bonchev–Trinajstić information content (AvgIpc) is 2.59. The second kappa shape index (κ2) is 7.98. The van der Waals surface area contributed by atoms with E-state index in [0.29, 0.717) is 17.2 Å². The van der Waals surface area contributed by atoms with Crippen LogP contribution in [0.15, 0.2) is 48.5 Å². The number of benzene rings is 2. The predicted molar refractivity (Wildman–Crippen MR) is 95.6 cm³/mol. The fraction of sp³-hybridized carbons (Fsp3) is 0.316. The Morgan fingerprint density at radius 1 is 1.16 bits per heavy atom. The SMILES string of the molecule is CN1CCC(NC(=O)Nc2ccccc2Oc2cccc(F)c2)CC1. The van der Waals surface area contributed by atoms with Crippen LogP contribution in [0.25, 0.3) is 0 Å². The zero-order valence-electron chi connectivity index (χ0n) is 14.2. The lowest BCUT2D eigenvalue weighted by Gasteiger charge is -2.29. The summed E-state index contributed by atoms with van der Waals surface area (Å²) in [7, 11) is 2.08. The second-order valence-electron chi connectivity index (χ2n) is 6.23. The number of carbonyl (C=O) groups excluding carboxylic acids is 1. The van der Waals surface area contributed by atoms with Crippen molar-refractivity contribution in [3.05, 3.63) is 54.3 Å². The van der Waals surface area contributed by atoms with Crippen LogP contribution in [-0.4, -0.2) is 37.1 Å². The summed E-state index contributed by atoms with van der Waals surface area (Å²) in [4.78, 5) is 14.5. The molecule has 2 amide bonds. The number of anilines is 1. The van der Waals surface area contributed by atoms with Crippen molar-refractivity contribution >= 4 is 11.7 Å². The predicted octanol–water partition coefficient (Wildman–Crippen LogP) is 3.83. The summed E-state index contributed by atoms with van der Waals surface area (Å²) in [5, 5.41) is 5.82. The zero-order chi connectivity index (χ0) is 17.6. The Morgan fingerprint density at radius 2 is 1.92 bits per heavy atom. The number of halogens is 1. The van der Waals surface area contributed by atoms with Crippen LogP contribution in [0.3, 0.4) is 0 Å². The standard InChI is InChI=1S/C19H22FN3O2/c1-23-11-9-15(10-12-23)21-19(24)22-17-7-2-3-8-18(17)25-16-6-4-5-14(20)13-16/h2-8,13,15H,9-12H2,1H3,(H2,21,22,24). The maximum absolute atomic E-state index is 13.3. The first-order chi connectivity index (χ1) is 12.1. The molecule has 2 N–H and O–H groups in total. The third-order valence-corrected chi connectivity index (χ3v) is 4.21. The van der Waals surface area contributed by atoms with Gasteiger partial charge in [-0.3, -0.25) is 0 Å². The molecule has 2 aromatic rings. The number of nitrogens with one attached hydrogen (secondary N) is 2. The molecule has 0 spiro atoms. The normalized spacial score (nSPS) is 15.6. The molecule has 0 unspecified atom stereocenters. The molecule has 1 aliphatic rings. The number of hydrogen-bond donors (Lipinski definition) is 2. The summed E-state index contributed by atoms with van der Waals surface area (Å²) < 4.78 is 19.0. The van der Waals surface area contributed by atoms with Gasteiger partial charge in [0.1, 0.15) is 11.6 Å². The van der Waals surface area contributed by atoms with Crippen LogP contribution < -0.4 is 15.4 Å². The Kier molecular flexibility index (Phi) is 5.50. The van der Waals surface area contributed by atoms with Crippen molar-refractivity contribution < 1.29 is 13.9 Å². The van der Waals surface area contributed by atoms with E-state index in [1.165, 1.54) is 12.1 Å². The summed E-state index contributed by atoms with van der Waals surface area (Å²) in [6.07, 6.45) is 1.87. The molecular formula is C19H22FN3O2. The lowest BCUT2D eigenvalue weighted by Crippen LogP contribution is -2.44. The summed E-state index contributed by atoms with van der Waals surface area (Å²) >= 11 is 0. The first-order valence-electron chi connectivity index (χ1n) is 8.38. The Morgan fingerprint density at radius 3 is 2.68 bits per heavy atom. The van der Waals surface area contributed by atoms with Gasteiger partial charge in [0.05, 0.1) is 5.69 Å². The molecule has 0 aliphatic carbocycles. The number of rotatable bonds is 4. The zero-order valence-corrected chi connectivity index (χ0v) is 14.2. The number of likely N-dealkylation sites (tertiary alicyclic amines) is 1. The van der Waals surface area contributed by atoms with Gasteiger partial charge in [0.15, 0.2) is 5.75 Å². The fourth-order valence-corrected chi connectivity index (χ4v) is 2.81. The van der Waals surface area contributed by atoms with Gasteiger partial charge in [0.25, 0.3) is 0 Å². The number of nitrogens with zero attached hydrogens (tertiary/aromatic N) is 1. The average molecular weight is 343 g/mol. The quantitative estimate of drug-likeness (QED) is 0.887. The molecule has 1 aliphatic heterocycles. The summed E-state index contributed by atoms with van der Waals surface area (Å²) in [5.74, 6) is 0.472. The fourth-order valence-electron chi connectivity index (χ4n) is 2.81. The van der Waals surface area contributed by atoms with Crippen molar-refractivity contribution in [1.29, 1.82) is 0 Å². The van der Waals surface area contributed by atoms with Crippen LogP contribution in [0.4, 0.5) is 14.9 Å². The van der Waals surface area contributed by atoms with Crippen LogP contribution in [0.1, 0.15) is 12.8 Å². The minimum Gasteiger partial charge on any atom is -0.455 e. The lowest BCUT2D eigenvalue weighted by atomic mass is 10.1.